The van der Waals surface area contributed by atoms with Gasteiger partial charge in [0.15, 0.2) is 0 Å². The largest absolute Gasteiger partial charge is 0.478 e. The molecular formula is C12H12N2O2S. The van der Waals surface area contributed by atoms with Crippen molar-refractivity contribution in [3.8, 4) is 11.4 Å². The van der Waals surface area contributed by atoms with Crippen molar-refractivity contribution in [2.24, 2.45) is 0 Å². The van der Waals surface area contributed by atoms with Crippen LogP contribution in [0.5, 0.6) is 0 Å². The lowest BCUT2D eigenvalue weighted by Gasteiger charge is -2.04. The molecule has 0 radical (unpaired) electrons. The molecule has 0 saturated carbocycles. The Morgan fingerprint density at radius 2 is 2.12 bits per heavy atom. The van der Waals surface area contributed by atoms with Crippen LogP contribution in [0.4, 0.5) is 0 Å². The van der Waals surface area contributed by atoms with Crippen molar-refractivity contribution < 1.29 is 9.90 Å². The summed E-state index contributed by atoms with van der Waals surface area (Å²) in [4.78, 5) is 19.7. The monoisotopic (exact) mass is 248 g/mol. The number of carboxylic acid groups (broad SMARTS) is 1. The van der Waals surface area contributed by atoms with E-state index in [0.29, 0.717) is 12.1 Å². The summed E-state index contributed by atoms with van der Waals surface area (Å²) in [5.41, 5.74) is 2.40. The zero-order valence-electron chi connectivity index (χ0n) is 9.60. The van der Waals surface area contributed by atoms with Crippen molar-refractivity contribution in [2.45, 2.75) is 20.3 Å². The summed E-state index contributed by atoms with van der Waals surface area (Å²) in [7, 11) is 0. The Bertz CT molecular complexity index is 563. The zero-order valence-corrected chi connectivity index (χ0v) is 10.4. The molecule has 0 saturated heterocycles. The number of rotatable bonds is 3. The summed E-state index contributed by atoms with van der Waals surface area (Å²) in [5.74, 6) is -0.935. The van der Waals surface area contributed by atoms with Gasteiger partial charge in [-0.15, -0.1) is 11.3 Å². The van der Waals surface area contributed by atoms with Crippen molar-refractivity contribution in [2.75, 3.05) is 0 Å². The number of hydrogen-bond acceptors (Lipinski definition) is 4. The molecule has 2 rings (SSSR count). The molecule has 0 atom stereocenters. The van der Waals surface area contributed by atoms with Gasteiger partial charge in [-0.1, -0.05) is 6.92 Å². The molecule has 5 heteroatoms. The number of hydrogen-bond donors (Lipinski definition) is 1. The van der Waals surface area contributed by atoms with Crippen LogP contribution in [0.1, 0.15) is 28.0 Å². The highest BCUT2D eigenvalue weighted by atomic mass is 32.1. The molecule has 0 bridgehead atoms. The predicted molar refractivity (Wildman–Crippen MR) is 66.4 cm³/mol. The highest BCUT2D eigenvalue weighted by Gasteiger charge is 2.12. The van der Waals surface area contributed by atoms with Gasteiger partial charge in [0, 0.05) is 5.38 Å². The molecule has 0 fully saturated rings. The van der Waals surface area contributed by atoms with Crippen LogP contribution >= 0.6 is 11.3 Å². The molecule has 0 aliphatic heterocycles. The lowest BCUT2D eigenvalue weighted by Crippen LogP contribution is -2.04. The lowest BCUT2D eigenvalue weighted by atomic mass is 10.1. The van der Waals surface area contributed by atoms with E-state index in [0.717, 1.165) is 16.4 Å². The Hall–Kier alpha value is -1.75. The minimum atomic E-state index is -0.935. The minimum absolute atomic E-state index is 0.267. The Morgan fingerprint density at radius 3 is 2.65 bits per heavy atom. The van der Waals surface area contributed by atoms with E-state index in [9.17, 15) is 4.79 Å². The molecule has 0 unspecified atom stereocenters. The van der Waals surface area contributed by atoms with E-state index in [2.05, 4.69) is 9.97 Å². The van der Waals surface area contributed by atoms with E-state index in [1.807, 2.05) is 19.2 Å². The standard InChI is InChI=1S/C12H12N2O2S/c1-3-9-8(12(15)16)4-5-10(14-9)11-6-17-7(2)13-11/h4-6H,3H2,1-2H3,(H,15,16). The minimum Gasteiger partial charge on any atom is -0.478 e. The first-order chi connectivity index (χ1) is 8.11. The third kappa shape index (κ3) is 2.34. The number of carboxylic acids is 1. The van der Waals surface area contributed by atoms with E-state index in [1.165, 1.54) is 0 Å². The maximum Gasteiger partial charge on any atom is 0.337 e. The third-order valence-corrected chi connectivity index (χ3v) is 3.19. The van der Waals surface area contributed by atoms with Gasteiger partial charge < -0.3 is 5.11 Å². The maximum absolute atomic E-state index is 11.0. The lowest BCUT2D eigenvalue weighted by molar-refractivity contribution is 0.0695. The van der Waals surface area contributed by atoms with Gasteiger partial charge >= 0.3 is 5.97 Å². The van der Waals surface area contributed by atoms with Crippen LogP contribution in [0, 0.1) is 6.92 Å². The molecule has 0 amide bonds. The second-order valence-corrected chi connectivity index (χ2v) is 4.66. The number of aromatic carboxylic acids is 1. The first-order valence-corrected chi connectivity index (χ1v) is 6.15. The molecule has 1 N–H and O–H groups in total. The van der Waals surface area contributed by atoms with Crippen molar-refractivity contribution in [3.05, 3.63) is 33.8 Å². The Labute approximate surface area is 103 Å². The van der Waals surface area contributed by atoms with Gasteiger partial charge in [0.05, 0.1) is 27.7 Å². The van der Waals surface area contributed by atoms with E-state index < -0.39 is 5.97 Å². The average molecular weight is 248 g/mol. The average Bonchev–Trinajstić information content (AvgIpc) is 2.75. The zero-order chi connectivity index (χ0) is 12.4. The summed E-state index contributed by atoms with van der Waals surface area (Å²) < 4.78 is 0. The molecule has 2 aromatic rings. The molecular weight excluding hydrogens is 236 g/mol. The summed E-state index contributed by atoms with van der Waals surface area (Å²) in [6.07, 6.45) is 0.596. The van der Waals surface area contributed by atoms with Crippen LogP contribution in [-0.2, 0) is 6.42 Å². The molecule has 17 heavy (non-hydrogen) atoms. The molecule has 4 nitrogen and oxygen atoms in total. The summed E-state index contributed by atoms with van der Waals surface area (Å²) in [5, 5.41) is 11.9. The normalized spacial score (nSPS) is 10.5. The molecule has 0 spiro atoms. The van der Waals surface area contributed by atoms with Crippen molar-refractivity contribution in [1.29, 1.82) is 0 Å². The summed E-state index contributed by atoms with van der Waals surface area (Å²) in [6, 6.07) is 3.30. The SMILES string of the molecule is CCc1nc(-c2csc(C)n2)ccc1C(=O)O. The highest BCUT2D eigenvalue weighted by Crippen LogP contribution is 2.21. The number of nitrogens with zero attached hydrogens (tertiary/aromatic N) is 2. The number of pyridine rings is 1. The highest BCUT2D eigenvalue weighted by molar-refractivity contribution is 7.09. The van der Waals surface area contributed by atoms with Gasteiger partial charge in [-0.2, -0.15) is 0 Å². The van der Waals surface area contributed by atoms with Crippen molar-refractivity contribution >= 4 is 17.3 Å². The number of aromatic nitrogens is 2. The maximum atomic E-state index is 11.0. The Balaban J connectivity index is 2.48. The topological polar surface area (TPSA) is 63.1 Å². The van der Waals surface area contributed by atoms with Crippen LogP contribution < -0.4 is 0 Å². The number of aryl methyl sites for hydroxylation is 2. The first-order valence-electron chi connectivity index (χ1n) is 5.27. The van der Waals surface area contributed by atoms with Crippen LogP contribution in [-0.4, -0.2) is 21.0 Å². The van der Waals surface area contributed by atoms with Crippen LogP contribution in [0.15, 0.2) is 17.5 Å². The van der Waals surface area contributed by atoms with Gasteiger partial charge in [0.25, 0.3) is 0 Å². The van der Waals surface area contributed by atoms with Gasteiger partial charge in [0.1, 0.15) is 0 Å². The molecule has 0 aromatic carbocycles. The van der Waals surface area contributed by atoms with Crippen LogP contribution in [0.3, 0.4) is 0 Å². The fraction of sp³-hybridized carbons (Fsp3) is 0.250. The fourth-order valence-corrected chi connectivity index (χ4v) is 2.20. The van der Waals surface area contributed by atoms with E-state index >= 15 is 0 Å². The van der Waals surface area contributed by atoms with Crippen LogP contribution in [0.25, 0.3) is 11.4 Å². The van der Waals surface area contributed by atoms with Gasteiger partial charge in [0.2, 0.25) is 0 Å². The number of carbonyl (C=O) groups is 1. The molecule has 88 valence electrons. The van der Waals surface area contributed by atoms with E-state index in [4.69, 9.17) is 5.11 Å². The second-order valence-electron chi connectivity index (χ2n) is 3.60. The predicted octanol–water partition coefficient (Wildman–Crippen LogP) is 2.77. The smallest absolute Gasteiger partial charge is 0.337 e. The summed E-state index contributed by atoms with van der Waals surface area (Å²) in [6.45, 7) is 3.82. The summed E-state index contributed by atoms with van der Waals surface area (Å²) >= 11 is 1.56. The molecule has 2 heterocycles. The van der Waals surface area contributed by atoms with E-state index in [-0.39, 0.29) is 5.56 Å². The first kappa shape index (κ1) is 11.7. The van der Waals surface area contributed by atoms with Crippen molar-refractivity contribution in [1.82, 2.24) is 9.97 Å². The van der Waals surface area contributed by atoms with Crippen LogP contribution in [0.2, 0.25) is 0 Å². The Morgan fingerprint density at radius 1 is 1.35 bits per heavy atom. The molecule has 0 aliphatic rings. The molecule has 2 aromatic heterocycles. The second kappa shape index (κ2) is 4.63. The van der Waals surface area contributed by atoms with Gasteiger partial charge in [-0.25, -0.2) is 9.78 Å². The van der Waals surface area contributed by atoms with Gasteiger partial charge in [-0.05, 0) is 25.5 Å². The molecule has 0 aliphatic carbocycles. The fourth-order valence-electron chi connectivity index (χ4n) is 1.59. The van der Waals surface area contributed by atoms with Crippen molar-refractivity contribution in [3.63, 3.8) is 0 Å². The third-order valence-electron chi connectivity index (χ3n) is 2.42. The Kier molecular flexibility index (Phi) is 3.19. The quantitative estimate of drug-likeness (QED) is 0.907. The van der Waals surface area contributed by atoms with Gasteiger partial charge in [-0.3, -0.25) is 4.98 Å². The van der Waals surface area contributed by atoms with E-state index in [1.54, 1.807) is 23.5 Å². The number of thiazole rings is 1.